The molecule has 3 aromatic rings. The van der Waals surface area contributed by atoms with Crippen LogP contribution in [-0.4, -0.2) is 16.2 Å². The highest BCUT2D eigenvalue weighted by Gasteiger charge is 2.11. The summed E-state index contributed by atoms with van der Waals surface area (Å²) in [5, 5.41) is 0.722. The molecule has 3 nitrogen and oxygen atoms in total. The lowest BCUT2D eigenvalue weighted by Gasteiger charge is -2.04. The zero-order valence-electron chi connectivity index (χ0n) is 15.1. The first-order valence-corrected chi connectivity index (χ1v) is 10.7. The first-order chi connectivity index (χ1) is 12.5. The van der Waals surface area contributed by atoms with Gasteiger partial charge in [0.2, 0.25) is 5.91 Å². The molecule has 1 amide bonds. The van der Waals surface area contributed by atoms with Gasteiger partial charge < -0.3 is 4.57 Å². The van der Waals surface area contributed by atoms with Crippen LogP contribution in [0.25, 0.3) is 10.2 Å². The predicted molar refractivity (Wildman–Crippen MR) is 112 cm³/mol. The van der Waals surface area contributed by atoms with Crippen molar-refractivity contribution in [3.63, 3.8) is 0 Å². The van der Waals surface area contributed by atoms with Crippen LogP contribution in [0, 0.1) is 13.8 Å². The fraction of sp³-hybridized carbons (Fsp3) is 0.300. The quantitative estimate of drug-likeness (QED) is 0.518. The van der Waals surface area contributed by atoms with E-state index in [1.807, 2.05) is 24.3 Å². The van der Waals surface area contributed by atoms with Crippen LogP contribution in [-0.2, 0) is 11.3 Å². The summed E-state index contributed by atoms with van der Waals surface area (Å²) in [7, 11) is 0. The number of halogens is 1. The zero-order valence-corrected chi connectivity index (χ0v) is 17.5. The van der Waals surface area contributed by atoms with E-state index in [0.29, 0.717) is 12.2 Å². The van der Waals surface area contributed by atoms with Crippen LogP contribution in [0.3, 0.4) is 0 Å². The van der Waals surface area contributed by atoms with Crippen molar-refractivity contribution in [1.82, 2.24) is 4.57 Å². The van der Waals surface area contributed by atoms with Crippen LogP contribution in [0.1, 0.15) is 24.5 Å². The smallest absolute Gasteiger partial charge is 0.249 e. The molecule has 26 heavy (non-hydrogen) atoms. The summed E-state index contributed by atoms with van der Waals surface area (Å²) in [6.45, 7) is 7.10. The number of fused-ring (bicyclic) bond motifs is 1. The van der Waals surface area contributed by atoms with Crippen molar-refractivity contribution in [3.05, 3.63) is 57.3 Å². The Hall–Kier alpha value is -1.56. The van der Waals surface area contributed by atoms with Gasteiger partial charge in [-0.2, -0.15) is 4.99 Å². The number of hydrogen-bond donors (Lipinski definition) is 0. The molecule has 3 rings (SSSR count). The van der Waals surface area contributed by atoms with Gasteiger partial charge in [-0.1, -0.05) is 35.1 Å². The molecule has 0 atom stereocenters. The number of hydrogen-bond acceptors (Lipinski definition) is 3. The van der Waals surface area contributed by atoms with E-state index in [1.54, 1.807) is 23.1 Å². The van der Waals surface area contributed by atoms with Gasteiger partial charge in [-0.25, -0.2) is 0 Å². The lowest BCUT2D eigenvalue weighted by molar-refractivity contribution is -0.117. The maximum atomic E-state index is 12.4. The Morgan fingerprint density at radius 2 is 1.85 bits per heavy atom. The molecule has 0 N–H and O–H groups in total. The molecule has 1 aromatic heterocycles. The minimum atomic E-state index is -0.0736. The number of carbonyl (C=O) groups excluding carboxylic acids is 1. The molecule has 0 aliphatic heterocycles. The summed E-state index contributed by atoms with van der Waals surface area (Å²) in [4.78, 5) is 18.7. The number of aromatic nitrogens is 1. The first kappa shape index (κ1) is 19.2. The molecule has 136 valence electrons. The molecule has 0 saturated heterocycles. The Bertz CT molecular complexity index is 1000. The third-order valence-electron chi connectivity index (χ3n) is 4.16. The highest BCUT2D eigenvalue weighted by atomic mass is 35.5. The van der Waals surface area contributed by atoms with E-state index >= 15 is 0 Å². The minimum absolute atomic E-state index is 0.0736. The van der Waals surface area contributed by atoms with Crippen molar-refractivity contribution in [2.24, 2.45) is 4.99 Å². The summed E-state index contributed by atoms with van der Waals surface area (Å²) in [5.74, 6) is 0.634. The van der Waals surface area contributed by atoms with Crippen molar-refractivity contribution in [1.29, 1.82) is 0 Å². The summed E-state index contributed by atoms with van der Waals surface area (Å²) in [5.41, 5.74) is 3.64. The van der Waals surface area contributed by atoms with E-state index in [9.17, 15) is 4.79 Å². The Kier molecular flexibility index (Phi) is 6.22. The number of benzene rings is 2. The van der Waals surface area contributed by atoms with Crippen LogP contribution in [0.2, 0.25) is 5.02 Å². The number of nitrogens with zero attached hydrogens (tertiary/aromatic N) is 2. The highest BCUT2D eigenvalue weighted by molar-refractivity contribution is 7.99. The van der Waals surface area contributed by atoms with E-state index < -0.39 is 0 Å². The van der Waals surface area contributed by atoms with Crippen LogP contribution in [0.5, 0.6) is 0 Å². The Morgan fingerprint density at radius 1 is 1.15 bits per heavy atom. The van der Waals surface area contributed by atoms with Crippen LogP contribution in [0.15, 0.2) is 46.3 Å². The Labute approximate surface area is 166 Å². The predicted octanol–water partition coefficient (Wildman–Crippen LogP) is 5.60. The molecular weight excluding hydrogens is 384 g/mol. The van der Waals surface area contributed by atoms with Gasteiger partial charge in [-0.05, 0) is 56.2 Å². The highest BCUT2D eigenvalue weighted by Crippen LogP contribution is 2.25. The molecule has 1 heterocycles. The minimum Gasteiger partial charge on any atom is -0.316 e. The normalized spacial score (nSPS) is 12.1. The molecule has 0 spiro atoms. The number of thioether (sulfide) groups is 1. The van der Waals surface area contributed by atoms with Gasteiger partial charge in [-0.3, -0.25) is 4.79 Å². The third-order valence-corrected chi connectivity index (χ3v) is 6.64. The average Bonchev–Trinajstić information content (AvgIpc) is 2.99. The summed E-state index contributed by atoms with van der Waals surface area (Å²) < 4.78 is 3.36. The second-order valence-corrected chi connectivity index (χ2v) is 8.65. The maximum Gasteiger partial charge on any atom is 0.249 e. The van der Waals surface area contributed by atoms with E-state index in [-0.39, 0.29) is 5.91 Å². The van der Waals surface area contributed by atoms with Gasteiger partial charge in [-0.15, -0.1) is 11.8 Å². The van der Waals surface area contributed by atoms with Crippen molar-refractivity contribution in [2.45, 2.75) is 38.6 Å². The topological polar surface area (TPSA) is 34.4 Å². The van der Waals surface area contributed by atoms with Gasteiger partial charge in [0.05, 0.1) is 10.2 Å². The molecule has 0 unspecified atom stereocenters. The molecule has 0 radical (unpaired) electrons. The lowest BCUT2D eigenvalue weighted by atomic mass is 10.1. The van der Waals surface area contributed by atoms with Crippen molar-refractivity contribution in [3.8, 4) is 0 Å². The number of amides is 1. The molecule has 0 saturated carbocycles. The third kappa shape index (κ3) is 4.22. The van der Waals surface area contributed by atoms with Gasteiger partial charge in [0.25, 0.3) is 0 Å². The molecule has 0 aliphatic rings. The van der Waals surface area contributed by atoms with E-state index in [0.717, 1.165) is 21.3 Å². The molecule has 6 heteroatoms. The molecule has 0 aliphatic carbocycles. The van der Waals surface area contributed by atoms with E-state index in [4.69, 9.17) is 11.6 Å². The fourth-order valence-corrected chi connectivity index (χ4v) is 5.03. The number of rotatable bonds is 5. The molecule has 0 bridgehead atoms. The van der Waals surface area contributed by atoms with Crippen molar-refractivity contribution in [2.75, 3.05) is 5.75 Å². The van der Waals surface area contributed by atoms with Gasteiger partial charge in [0.1, 0.15) is 0 Å². The molecular formula is C20H21ClN2OS2. The van der Waals surface area contributed by atoms with Crippen LogP contribution >= 0.6 is 34.7 Å². The second-order valence-electron chi connectivity index (χ2n) is 6.06. The summed E-state index contributed by atoms with van der Waals surface area (Å²) in [6, 6.07) is 11.9. The van der Waals surface area contributed by atoms with Gasteiger partial charge in [0.15, 0.2) is 4.80 Å². The Balaban J connectivity index is 1.78. The maximum absolute atomic E-state index is 12.4. The summed E-state index contributed by atoms with van der Waals surface area (Å²) >= 11 is 9.14. The lowest BCUT2D eigenvalue weighted by Crippen LogP contribution is -2.16. The molecule has 2 aromatic carbocycles. The number of thiazole rings is 1. The van der Waals surface area contributed by atoms with Gasteiger partial charge >= 0.3 is 0 Å². The number of aryl methyl sites for hydroxylation is 3. The standard InChI is InChI=1S/C20H21ClN2OS2/c1-4-23-18-13(2)5-6-14(3)19(18)26-20(23)22-17(24)11-12-25-16-9-7-15(21)8-10-16/h5-10H,4,11-12H2,1-3H3. The molecule has 0 fully saturated rings. The average molecular weight is 405 g/mol. The Morgan fingerprint density at radius 3 is 2.54 bits per heavy atom. The van der Waals surface area contributed by atoms with Crippen molar-refractivity contribution < 1.29 is 4.79 Å². The van der Waals surface area contributed by atoms with E-state index in [1.165, 1.54) is 21.3 Å². The second kappa shape index (κ2) is 8.42. The largest absolute Gasteiger partial charge is 0.316 e. The fourth-order valence-electron chi connectivity index (χ4n) is 2.80. The monoisotopic (exact) mass is 404 g/mol. The SMILES string of the molecule is CCn1c(=NC(=O)CCSc2ccc(Cl)cc2)sc2c(C)ccc(C)c21. The first-order valence-electron chi connectivity index (χ1n) is 8.55. The zero-order chi connectivity index (χ0) is 18.7. The van der Waals surface area contributed by atoms with E-state index in [2.05, 4.69) is 42.5 Å². The number of carbonyl (C=O) groups is 1. The van der Waals surface area contributed by atoms with Crippen LogP contribution in [0.4, 0.5) is 0 Å². The van der Waals surface area contributed by atoms with Crippen molar-refractivity contribution >= 4 is 50.8 Å². The summed E-state index contributed by atoms with van der Waals surface area (Å²) in [6.07, 6.45) is 0.420. The van der Waals surface area contributed by atoms with Crippen LogP contribution < -0.4 is 4.80 Å². The van der Waals surface area contributed by atoms with Gasteiger partial charge in [0, 0.05) is 28.6 Å².